The molecule has 3 heterocycles. The first-order valence-electron chi connectivity index (χ1n) is 8.58. The normalized spacial score (nSPS) is 15.0. The Balaban J connectivity index is 1.42. The Morgan fingerprint density at radius 3 is 2.96 bits per heavy atom. The van der Waals surface area contributed by atoms with Crippen LogP contribution >= 0.6 is 11.8 Å². The Bertz CT molecular complexity index is 1080. The molecule has 1 aliphatic rings. The molecule has 9 nitrogen and oxygen atoms in total. The summed E-state index contributed by atoms with van der Waals surface area (Å²) in [5, 5.41) is 3.91. The maximum atomic E-state index is 12.2. The average Bonchev–Trinajstić information content (AvgIpc) is 3.29. The SMILES string of the molecule is C[C@@H](OC(=O)CSc1ncnc2c1oc1ccccc12)C(=O)N1CCNC1=O. The maximum absolute atomic E-state index is 12.2. The minimum absolute atomic E-state index is 0.0625. The fraction of sp³-hybridized carbons (Fsp3) is 0.278. The number of hydrogen-bond donors (Lipinski definition) is 1. The Morgan fingerprint density at radius 1 is 1.36 bits per heavy atom. The first-order valence-corrected chi connectivity index (χ1v) is 9.57. The number of benzene rings is 1. The number of para-hydroxylation sites is 1. The molecule has 10 heteroatoms. The van der Waals surface area contributed by atoms with E-state index in [0.717, 1.165) is 22.0 Å². The zero-order valence-electron chi connectivity index (χ0n) is 14.9. The molecular weight excluding hydrogens is 384 g/mol. The lowest BCUT2D eigenvalue weighted by molar-refractivity contribution is -0.155. The summed E-state index contributed by atoms with van der Waals surface area (Å²) in [7, 11) is 0. The van der Waals surface area contributed by atoms with Gasteiger partial charge in [-0.2, -0.15) is 0 Å². The Labute approximate surface area is 163 Å². The predicted molar refractivity (Wildman–Crippen MR) is 101 cm³/mol. The molecule has 3 aromatic rings. The molecule has 0 radical (unpaired) electrons. The van der Waals surface area contributed by atoms with Crippen LogP contribution in [0.15, 0.2) is 40.0 Å². The molecule has 0 bridgehead atoms. The first kappa shape index (κ1) is 18.2. The van der Waals surface area contributed by atoms with Crippen LogP contribution in [0.3, 0.4) is 0 Å². The van der Waals surface area contributed by atoms with Crippen LogP contribution in [0.4, 0.5) is 4.79 Å². The number of thioether (sulfide) groups is 1. The van der Waals surface area contributed by atoms with Crippen LogP contribution in [-0.4, -0.2) is 57.7 Å². The molecule has 28 heavy (non-hydrogen) atoms. The number of carbonyl (C=O) groups excluding carboxylic acids is 3. The number of nitrogens with zero attached hydrogens (tertiary/aromatic N) is 3. The van der Waals surface area contributed by atoms with Crippen LogP contribution < -0.4 is 5.32 Å². The Kier molecular flexibility index (Phi) is 4.86. The molecule has 1 saturated heterocycles. The van der Waals surface area contributed by atoms with Crippen molar-refractivity contribution in [2.24, 2.45) is 0 Å². The van der Waals surface area contributed by atoms with Crippen molar-refractivity contribution in [3.8, 4) is 0 Å². The van der Waals surface area contributed by atoms with Crippen molar-refractivity contribution in [3.63, 3.8) is 0 Å². The summed E-state index contributed by atoms with van der Waals surface area (Å²) in [4.78, 5) is 45.3. The van der Waals surface area contributed by atoms with Gasteiger partial charge in [0, 0.05) is 18.5 Å². The van der Waals surface area contributed by atoms with Crippen LogP contribution in [0.25, 0.3) is 22.1 Å². The summed E-state index contributed by atoms with van der Waals surface area (Å²) >= 11 is 1.14. The van der Waals surface area contributed by atoms with Gasteiger partial charge in [0.1, 0.15) is 22.5 Å². The third-order valence-electron chi connectivity index (χ3n) is 4.23. The molecule has 1 fully saturated rings. The molecule has 1 N–H and O–H groups in total. The molecular formula is C18H16N4O5S. The van der Waals surface area contributed by atoms with Crippen LogP contribution in [0.2, 0.25) is 0 Å². The summed E-state index contributed by atoms with van der Waals surface area (Å²) in [6.07, 6.45) is 0.365. The van der Waals surface area contributed by atoms with Gasteiger partial charge in [0.15, 0.2) is 11.7 Å². The van der Waals surface area contributed by atoms with E-state index < -0.39 is 24.0 Å². The minimum atomic E-state index is -1.05. The highest BCUT2D eigenvalue weighted by atomic mass is 32.2. The lowest BCUT2D eigenvalue weighted by atomic mass is 10.2. The summed E-state index contributed by atoms with van der Waals surface area (Å²) in [6, 6.07) is 7.01. The number of ether oxygens (including phenoxy) is 1. The number of nitrogens with one attached hydrogen (secondary N) is 1. The monoisotopic (exact) mass is 400 g/mol. The molecule has 3 amide bonds. The number of imide groups is 1. The summed E-state index contributed by atoms with van der Waals surface area (Å²) in [5.41, 5.74) is 1.86. The van der Waals surface area contributed by atoms with Crippen molar-refractivity contribution >= 4 is 51.7 Å². The molecule has 4 rings (SSSR count). The fourth-order valence-electron chi connectivity index (χ4n) is 2.92. The predicted octanol–water partition coefficient (Wildman–Crippen LogP) is 1.95. The van der Waals surface area contributed by atoms with E-state index >= 15 is 0 Å². The number of fused-ring (bicyclic) bond motifs is 3. The summed E-state index contributed by atoms with van der Waals surface area (Å²) in [6.45, 7) is 2.10. The van der Waals surface area contributed by atoms with Gasteiger partial charge in [-0.25, -0.2) is 14.8 Å². The van der Waals surface area contributed by atoms with E-state index in [2.05, 4.69) is 15.3 Å². The number of rotatable bonds is 5. The highest BCUT2D eigenvalue weighted by Crippen LogP contribution is 2.32. The molecule has 1 aliphatic heterocycles. The van der Waals surface area contributed by atoms with Crippen molar-refractivity contribution < 1.29 is 23.5 Å². The number of aromatic nitrogens is 2. The lowest BCUT2D eigenvalue weighted by Gasteiger charge is -2.17. The Morgan fingerprint density at radius 2 is 2.18 bits per heavy atom. The highest BCUT2D eigenvalue weighted by Gasteiger charge is 2.31. The van der Waals surface area contributed by atoms with Crippen molar-refractivity contribution in [2.75, 3.05) is 18.8 Å². The molecule has 2 aromatic heterocycles. The number of hydrogen-bond acceptors (Lipinski definition) is 8. The number of esters is 1. The van der Waals surface area contributed by atoms with Gasteiger partial charge in [-0.1, -0.05) is 23.9 Å². The maximum Gasteiger partial charge on any atom is 0.324 e. The molecule has 0 spiro atoms. The summed E-state index contributed by atoms with van der Waals surface area (Å²) < 4.78 is 11.0. The number of carbonyl (C=O) groups is 3. The van der Waals surface area contributed by atoms with Crippen molar-refractivity contribution in [3.05, 3.63) is 30.6 Å². The van der Waals surface area contributed by atoms with Gasteiger partial charge >= 0.3 is 12.0 Å². The van der Waals surface area contributed by atoms with Gasteiger partial charge in [-0.3, -0.25) is 14.5 Å². The number of amides is 3. The molecule has 1 aromatic carbocycles. The van der Waals surface area contributed by atoms with Crippen LogP contribution in [-0.2, 0) is 14.3 Å². The second-order valence-corrected chi connectivity index (χ2v) is 7.06. The molecule has 0 saturated carbocycles. The smallest absolute Gasteiger partial charge is 0.324 e. The topological polar surface area (TPSA) is 115 Å². The molecule has 1 atom stereocenters. The zero-order chi connectivity index (χ0) is 19.7. The second kappa shape index (κ2) is 7.47. The molecule has 144 valence electrons. The fourth-order valence-corrected chi connectivity index (χ4v) is 3.63. The van der Waals surface area contributed by atoms with E-state index in [9.17, 15) is 14.4 Å². The lowest BCUT2D eigenvalue weighted by Crippen LogP contribution is -2.42. The third kappa shape index (κ3) is 3.38. The van der Waals surface area contributed by atoms with Crippen LogP contribution in [0.1, 0.15) is 6.92 Å². The van der Waals surface area contributed by atoms with Gasteiger partial charge in [0.25, 0.3) is 5.91 Å². The van der Waals surface area contributed by atoms with Gasteiger partial charge in [0.05, 0.1) is 5.75 Å². The van der Waals surface area contributed by atoms with E-state index in [1.165, 1.54) is 13.3 Å². The van der Waals surface area contributed by atoms with E-state index in [-0.39, 0.29) is 12.3 Å². The van der Waals surface area contributed by atoms with Crippen molar-refractivity contribution in [1.29, 1.82) is 0 Å². The van der Waals surface area contributed by atoms with E-state index in [1.54, 1.807) is 0 Å². The summed E-state index contributed by atoms with van der Waals surface area (Å²) in [5.74, 6) is -1.20. The number of urea groups is 1. The van der Waals surface area contributed by atoms with Gasteiger partial charge in [-0.15, -0.1) is 0 Å². The zero-order valence-corrected chi connectivity index (χ0v) is 15.7. The van der Waals surface area contributed by atoms with Gasteiger partial charge in [0.2, 0.25) is 0 Å². The quantitative estimate of drug-likeness (QED) is 0.393. The van der Waals surface area contributed by atoms with Crippen LogP contribution in [0.5, 0.6) is 0 Å². The number of furan rings is 1. The third-order valence-corrected chi connectivity index (χ3v) is 5.18. The van der Waals surface area contributed by atoms with Crippen LogP contribution in [0, 0.1) is 0 Å². The van der Waals surface area contributed by atoms with E-state index in [1.807, 2.05) is 24.3 Å². The first-order chi connectivity index (χ1) is 13.5. The van der Waals surface area contributed by atoms with Crippen molar-refractivity contribution in [1.82, 2.24) is 20.2 Å². The Hall–Kier alpha value is -3.14. The van der Waals surface area contributed by atoms with E-state index in [0.29, 0.717) is 28.3 Å². The van der Waals surface area contributed by atoms with Crippen molar-refractivity contribution in [2.45, 2.75) is 18.1 Å². The largest absolute Gasteiger partial charge is 0.452 e. The highest BCUT2D eigenvalue weighted by molar-refractivity contribution is 8.00. The van der Waals surface area contributed by atoms with Gasteiger partial charge < -0.3 is 14.5 Å². The van der Waals surface area contributed by atoms with E-state index in [4.69, 9.17) is 9.15 Å². The molecule has 0 unspecified atom stereocenters. The second-order valence-electron chi connectivity index (χ2n) is 6.10. The average molecular weight is 400 g/mol. The minimum Gasteiger partial charge on any atom is -0.452 e. The van der Waals surface area contributed by atoms with Gasteiger partial charge in [-0.05, 0) is 19.1 Å². The standard InChI is InChI=1S/C18H16N4O5S/c1-10(17(24)22-7-6-19-18(22)25)26-13(23)8-28-16-15-14(20-9-21-16)11-4-2-3-5-12(11)27-15/h2-5,9-10H,6-8H2,1H3,(H,19,25)/t10-/m1/s1. The molecule has 0 aliphatic carbocycles.